The fourth-order valence-electron chi connectivity index (χ4n) is 1.37. The zero-order valence-corrected chi connectivity index (χ0v) is 7.50. The molecule has 0 aliphatic rings. The summed E-state index contributed by atoms with van der Waals surface area (Å²) in [5, 5.41) is 1.18. The van der Waals surface area contributed by atoms with Crippen LogP contribution in [-0.2, 0) is 0 Å². The molecule has 2 nitrogen and oxygen atoms in total. The Hall–Kier alpha value is -1.70. The van der Waals surface area contributed by atoms with Gasteiger partial charge in [0, 0.05) is 22.7 Å². The first kappa shape index (κ1) is 7.92. The van der Waals surface area contributed by atoms with E-state index in [9.17, 15) is 0 Å². The summed E-state index contributed by atoms with van der Waals surface area (Å²) >= 11 is 0. The molecule has 0 bridgehead atoms. The van der Waals surface area contributed by atoms with Crippen LogP contribution in [0, 0.1) is 0 Å². The van der Waals surface area contributed by atoms with E-state index >= 15 is 0 Å². The predicted molar refractivity (Wildman–Crippen MR) is 54.9 cm³/mol. The minimum Gasteiger partial charge on any atom is -0.497 e. The SMILES string of the molecule is C=Cc1cc2ccc(OC)cc2[nH]1. The third-order valence-corrected chi connectivity index (χ3v) is 2.07. The Bertz CT molecular complexity index is 442. The molecule has 2 aromatic rings. The Morgan fingerprint density at radius 1 is 1.38 bits per heavy atom. The number of fused-ring (bicyclic) bond motifs is 1. The van der Waals surface area contributed by atoms with Crippen molar-refractivity contribution in [1.29, 1.82) is 0 Å². The van der Waals surface area contributed by atoms with Gasteiger partial charge < -0.3 is 9.72 Å². The molecular weight excluding hydrogens is 162 g/mol. The summed E-state index contributed by atoms with van der Waals surface area (Å²) in [5.41, 5.74) is 2.11. The molecule has 2 rings (SSSR count). The first-order valence-corrected chi connectivity index (χ1v) is 4.12. The smallest absolute Gasteiger partial charge is 0.120 e. The molecule has 0 spiro atoms. The molecule has 0 aliphatic carbocycles. The number of ether oxygens (including phenoxy) is 1. The molecule has 1 aromatic carbocycles. The summed E-state index contributed by atoms with van der Waals surface area (Å²) in [7, 11) is 1.67. The Labute approximate surface area is 76.8 Å². The van der Waals surface area contributed by atoms with E-state index in [-0.39, 0.29) is 0 Å². The van der Waals surface area contributed by atoms with Gasteiger partial charge in [0.2, 0.25) is 0 Å². The molecule has 1 heterocycles. The first-order valence-electron chi connectivity index (χ1n) is 4.12. The van der Waals surface area contributed by atoms with Crippen LogP contribution in [0.5, 0.6) is 5.75 Å². The molecule has 0 unspecified atom stereocenters. The molecule has 0 aliphatic heterocycles. The average Bonchev–Trinajstić information content (AvgIpc) is 2.58. The van der Waals surface area contributed by atoms with Crippen molar-refractivity contribution >= 4 is 17.0 Å². The Kier molecular flexibility index (Phi) is 1.81. The van der Waals surface area contributed by atoms with Crippen molar-refractivity contribution in [2.45, 2.75) is 0 Å². The molecule has 0 fully saturated rings. The molecule has 0 saturated carbocycles. The number of nitrogens with one attached hydrogen (secondary N) is 1. The van der Waals surface area contributed by atoms with E-state index in [1.165, 1.54) is 5.39 Å². The second kappa shape index (κ2) is 2.98. The number of hydrogen-bond acceptors (Lipinski definition) is 1. The van der Waals surface area contributed by atoms with Crippen LogP contribution in [0.2, 0.25) is 0 Å². The van der Waals surface area contributed by atoms with E-state index in [2.05, 4.69) is 17.6 Å². The number of methoxy groups -OCH3 is 1. The zero-order valence-electron chi connectivity index (χ0n) is 7.50. The lowest BCUT2D eigenvalue weighted by Crippen LogP contribution is -1.80. The number of benzene rings is 1. The van der Waals surface area contributed by atoms with Gasteiger partial charge in [0.25, 0.3) is 0 Å². The van der Waals surface area contributed by atoms with Crippen molar-refractivity contribution in [3.63, 3.8) is 0 Å². The number of rotatable bonds is 2. The van der Waals surface area contributed by atoms with Crippen LogP contribution in [-0.4, -0.2) is 12.1 Å². The lowest BCUT2D eigenvalue weighted by molar-refractivity contribution is 0.415. The number of aromatic nitrogens is 1. The third kappa shape index (κ3) is 1.31. The van der Waals surface area contributed by atoms with E-state index in [0.29, 0.717) is 0 Å². The van der Waals surface area contributed by atoms with Gasteiger partial charge in [0.05, 0.1) is 7.11 Å². The van der Waals surface area contributed by atoms with Crippen LogP contribution in [0.1, 0.15) is 5.69 Å². The van der Waals surface area contributed by atoms with Gasteiger partial charge in [-0.2, -0.15) is 0 Å². The van der Waals surface area contributed by atoms with E-state index in [0.717, 1.165) is 17.0 Å². The highest BCUT2D eigenvalue weighted by atomic mass is 16.5. The summed E-state index contributed by atoms with van der Waals surface area (Å²) in [6, 6.07) is 8.00. The van der Waals surface area contributed by atoms with Gasteiger partial charge in [-0.25, -0.2) is 0 Å². The largest absolute Gasteiger partial charge is 0.497 e. The lowest BCUT2D eigenvalue weighted by Gasteiger charge is -1.97. The van der Waals surface area contributed by atoms with Crippen LogP contribution < -0.4 is 4.74 Å². The van der Waals surface area contributed by atoms with E-state index in [4.69, 9.17) is 4.74 Å². The highest BCUT2D eigenvalue weighted by molar-refractivity contribution is 5.83. The molecule has 13 heavy (non-hydrogen) atoms. The normalized spacial score (nSPS) is 10.2. The van der Waals surface area contributed by atoms with Crippen molar-refractivity contribution in [3.05, 3.63) is 36.5 Å². The summed E-state index contributed by atoms with van der Waals surface area (Å²) in [6.07, 6.45) is 1.80. The van der Waals surface area contributed by atoms with E-state index < -0.39 is 0 Å². The standard InChI is InChI=1S/C11H11NO/c1-3-9-6-8-4-5-10(13-2)7-11(8)12-9/h3-7,12H,1H2,2H3. The summed E-state index contributed by atoms with van der Waals surface area (Å²) in [6.45, 7) is 3.71. The monoisotopic (exact) mass is 173 g/mol. The van der Waals surface area contributed by atoms with E-state index in [1.54, 1.807) is 13.2 Å². The van der Waals surface area contributed by atoms with Crippen molar-refractivity contribution < 1.29 is 4.74 Å². The van der Waals surface area contributed by atoms with Crippen LogP contribution in [0.15, 0.2) is 30.8 Å². The lowest BCUT2D eigenvalue weighted by atomic mass is 10.2. The molecule has 2 heteroatoms. The topological polar surface area (TPSA) is 25.0 Å². The molecule has 66 valence electrons. The molecule has 0 amide bonds. The number of H-pyrrole nitrogens is 1. The van der Waals surface area contributed by atoms with Gasteiger partial charge in [0.15, 0.2) is 0 Å². The number of hydrogen-bond donors (Lipinski definition) is 1. The van der Waals surface area contributed by atoms with Gasteiger partial charge >= 0.3 is 0 Å². The van der Waals surface area contributed by atoms with Crippen molar-refractivity contribution in [2.24, 2.45) is 0 Å². The summed E-state index contributed by atoms with van der Waals surface area (Å²) in [5.74, 6) is 0.866. The van der Waals surface area contributed by atoms with Crippen molar-refractivity contribution in [1.82, 2.24) is 4.98 Å². The molecule has 1 aromatic heterocycles. The first-order chi connectivity index (χ1) is 6.33. The summed E-state index contributed by atoms with van der Waals surface area (Å²) in [4.78, 5) is 3.22. The van der Waals surface area contributed by atoms with Crippen LogP contribution in [0.25, 0.3) is 17.0 Å². The quantitative estimate of drug-likeness (QED) is 0.742. The second-order valence-corrected chi connectivity index (χ2v) is 2.88. The second-order valence-electron chi connectivity index (χ2n) is 2.88. The van der Waals surface area contributed by atoms with Gasteiger partial charge in [0.1, 0.15) is 5.75 Å². The van der Waals surface area contributed by atoms with Gasteiger partial charge in [-0.1, -0.05) is 6.58 Å². The molecule has 1 N–H and O–H groups in total. The third-order valence-electron chi connectivity index (χ3n) is 2.07. The van der Waals surface area contributed by atoms with Crippen LogP contribution in [0.3, 0.4) is 0 Å². The highest BCUT2D eigenvalue weighted by Gasteiger charge is 1.98. The Morgan fingerprint density at radius 2 is 2.23 bits per heavy atom. The van der Waals surface area contributed by atoms with Gasteiger partial charge in [-0.3, -0.25) is 0 Å². The van der Waals surface area contributed by atoms with Gasteiger partial charge in [-0.15, -0.1) is 0 Å². The van der Waals surface area contributed by atoms with Crippen LogP contribution in [0.4, 0.5) is 0 Å². The van der Waals surface area contributed by atoms with E-state index in [1.807, 2.05) is 18.2 Å². The van der Waals surface area contributed by atoms with Crippen molar-refractivity contribution in [3.8, 4) is 5.75 Å². The number of aromatic amines is 1. The Morgan fingerprint density at radius 3 is 2.92 bits per heavy atom. The fraction of sp³-hybridized carbons (Fsp3) is 0.0909. The Balaban J connectivity index is 2.63. The maximum atomic E-state index is 5.12. The minimum atomic E-state index is 0.866. The molecule has 0 radical (unpaired) electrons. The average molecular weight is 173 g/mol. The maximum Gasteiger partial charge on any atom is 0.120 e. The summed E-state index contributed by atoms with van der Waals surface area (Å²) < 4.78 is 5.12. The molecular formula is C11H11NO. The zero-order chi connectivity index (χ0) is 9.26. The highest BCUT2D eigenvalue weighted by Crippen LogP contribution is 2.21. The minimum absolute atomic E-state index is 0.866. The van der Waals surface area contributed by atoms with Crippen molar-refractivity contribution in [2.75, 3.05) is 7.11 Å². The predicted octanol–water partition coefficient (Wildman–Crippen LogP) is 2.82. The van der Waals surface area contributed by atoms with Gasteiger partial charge in [-0.05, 0) is 24.3 Å². The fourth-order valence-corrected chi connectivity index (χ4v) is 1.37. The molecule has 0 saturated heterocycles. The molecule has 0 atom stereocenters. The van der Waals surface area contributed by atoms with Crippen LogP contribution >= 0.6 is 0 Å². The maximum absolute atomic E-state index is 5.12.